The van der Waals surface area contributed by atoms with Crippen molar-refractivity contribution < 1.29 is 13.9 Å². The topological polar surface area (TPSA) is 34.6 Å². The number of aromatic nitrogens is 1. The number of ether oxygens (including phenoxy) is 2. The lowest BCUT2D eigenvalue weighted by atomic mass is 10.1. The van der Waals surface area contributed by atoms with E-state index in [0.29, 0.717) is 12.6 Å². The van der Waals surface area contributed by atoms with Crippen LogP contribution in [0, 0.1) is 5.82 Å². The minimum absolute atomic E-state index is 0.121. The molecular weight excluding hydrogens is 319 g/mol. The number of benzene rings is 1. The Labute approximate surface area is 147 Å². The zero-order valence-corrected chi connectivity index (χ0v) is 14.2. The Hall–Kier alpha value is -1.82. The van der Waals surface area contributed by atoms with Gasteiger partial charge in [-0.05, 0) is 48.2 Å². The smallest absolute Gasteiger partial charge is 0.123 e. The van der Waals surface area contributed by atoms with Gasteiger partial charge in [0.2, 0.25) is 0 Å². The summed E-state index contributed by atoms with van der Waals surface area (Å²) in [6.45, 7) is 3.06. The summed E-state index contributed by atoms with van der Waals surface area (Å²) in [4.78, 5) is 6.49. The zero-order chi connectivity index (χ0) is 17.1. The van der Waals surface area contributed by atoms with Gasteiger partial charge in [0, 0.05) is 31.5 Å². The number of halogens is 1. The van der Waals surface area contributed by atoms with Gasteiger partial charge in [0.1, 0.15) is 5.82 Å². The molecule has 5 heteroatoms. The van der Waals surface area contributed by atoms with E-state index in [9.17, 15) is 4.39 Å². The van der Waals surface area contributed by atoms with Gasteiger partial charge in [0.25, 0.3) is 0 Å². The molecule has 1 aliphatic heterocycles. The minimum atomic E-state index is -0.186. The van der Waals surface area contributed by atoms with Gasteiger partial charge in [-0.15, -0.1) is 0 Å². The first-order valence-electron chi connectivity index (χ1n) is 8.90. The first kappa shape index (κ1) is 16.6. The van der Waals surface area contributed by atoms with E-state index < -0.39 is 0 Å². The first-order valence-corrected chi connectivity index (χ1v) is 8.90. The van der Waals surface area contributed by atoms with Gasteiger partial charge < -0.3 is 9.47 Å². The fraction of sp³-hybridized carbons (Fsp3) is 0.450. The molecule has 0 spiro atoms. The third kappa shape index (κ3) is 3.89. The predicted molar refractivity (Wildman–Crippen MR) is 92.4 cm³/mol. The van der Waals surface area contributed by atoms with Crippen molar-refractivity contribution in [2.75, 3.05) is 13.2 Å². The summed E-state index contributed by atoms with van der Waals surface area (Å²) < 4.78 is 25.3. The Morgan fingerprint density at radius 3 is 2.68 bits per heavy atom. The van der Waals surface area contributed by atoms with Crippen LogP contribution in [0.1, 0.15) is 24.0 Å². The normalized spacial score (nSPS) is 26.5. The van der Waals surface area contributed by atoms with E-state index in [4.69, 9.17) is 9.47 Å². The lowest BCUT2D eigenvalue weighted by Crippen LogP contribution is -2.51. The second kappa shape index (κ2) is 7.60. The van der Waals surface area contributed by atoms with Crippen LogP contribution < -0.4 is 0 Å². The van der Waals surface area contributed by atoms with Crippen molar-refractivity contribution in [1.29, 1.82) is 0 Å². The maximum atomic E-state index is 13.1. The van der Waals surface area contributed by atoms with Gasteiger partial charge in [0.15, 0.2) is 0 Å². The highest BCUT2D eigenvalue weighted by molar-refractivity contribution is 5.16. The van der Waals surface area contributed by atoms with Crippen molar-refractivity contribution >= 4 is 0 Å². The van der Waals surface area contributed by atoms with Crippen molar-refractivity contribution in [2.24, 2.45) is 0 Å². The van der Waals surface area contributed by atoms with E-state index in [1.54, 1.807) is 12.4 Å². The van der Waals surface area contributed by atoms with Crippen LogP contribution in [0.3, 0.4) is 0 Å². The third-order valence-corrected chi connectivity index (χ3v) is 5.16. The minimum Gasteiger partial charge on any atom is -0.373 e. The van der Waals surface area contributed by atoms with Crippen LogP contribution in [0.15, 0.2) is 48.8 Å². The molecule has 0 bridgehead atoms. The number of hydrogen-bond donors (Lipinski definition) is 0. The van der Waals surface area contributed by atoms with Crippen molar-refractivity contribution in [3.05, 3.63) is 65.7 Å². The molecule has 2 heterocycles. The molecule has 2 fully saturated rings. The quantitative estimate of drug-likeness (QED) is 0.836. The monoisotopic (exact) mass is 342 g/mol. The molecule has 1 aromatic heterocycles. The van der Waals surface area contributed by atoms with Crippen molar-refractivity contribution in [1.82, 2.24) is 9.88 Å². The summed E-state index contributed by atoms with van der Waals surface area (Å²) >= 11 is 0. The van der Waals surface area contributed by atoms with Crippen LogP contribution in [-0.4, -0.2) is 41.3 Å². The summed E-state index contributed by atoms with van der Waals surface area (Å²) in [6, 6.07) is 11.1. The van der Waals surface area contributed by atoms with Crippen molar-refractivity contribution in [3.8, 4) is 0 Å². The molecule has 4 nitrogen and oxygen atoms in total. The van der Waals surface area contributed by atoms with Gasteiger partial charge in [-0.3, -0.25) is 9.88 Å². The maximum absolute atomic E-state index is 13.1. The van der Waals surface area contributed by atoms with Crippen molar-refractivity contribution in [2.45, 2.75) is 44.2 Å². The standard InChI is InChI=1S/C20H23FN2O2/c21-17-3-1-15(2-4-17)13-23-11-12-24-20-18(23)5-6-19(20)25-14-16-7-9-22-10-8-16/h1-4,7-10,18-20H,5-6,11-14H2/t18-,19+,20+/m0/s1. The maximum Gasteiger partial charge on any atom is 0.123 e. The number of hydrogen-bond acceptors (Lipinski definition) is 4. The highest BCUT2D eigenvalue weighted by Crippen LogP contribution is 2.33. The number of fused-ring (bicyclic) bond motifs is 1. The fourth-order valence-corrected chi connectivity index (χ4v) is 3.87. The second-order valence-corrected chi connectivity index (χ2v) is 6.78. The van der Waals surface area contributed by atoms with Gasteiger partial charge >= 0.3 is 0 Å². The van der Waals surface area contributed by atoms with Crippen LogP contribution in [0.5, 0.6) is 0 Å². The molecule has 0 amide bonds. The Morgan fingerprint density at radius 1 is 1.08 bits per heavy atom. The molecule has 1 aliphatic carbocycles. The molecule has 0 radical (unpaired) electrons. The van der Waals surface area contributed by atoms with E-state index in [-0.39, 0.29) is 18.0 Å². The van der Waals surface area contributed by atoms with Gasteiger partial charge in [0.05, 0.1) is 25.4 Å². The summed E-state index contributed by atoms with van der Waals surface area (Å²) in [7, 11) is 0. The zero-order valence-electron chi connectivity index (χ0n) is 14.2. The molecule has 0 N–H and O–H groups in total. The molecule has 4 rings (SSSR count). The van der Waals surface area contributed by atoms with Crippen molar-refractivity contribution in [3.63, 3.8) is 0 Å². The number of pyridine rings is 1. The molecule has 1 saturated carbocycles. The SMILES string of the molecule is Fc1ccc(CN2CCO[C@H]3[C@H](OCc4ccncc4)CC[C@@H]32)cc1. The molecular formula is C20H23FN2O2. The third-order valence-electron chi connectivity index (χ3n) is 5.16. The largest absolute Gasteiger partial charge is 0.373 e. The van der Waals surface area contributed by atoms with Crippen LogP contribution in [-0.2, 0) is 22.6 Å². The first-order chi connectivity index (χ1) is 12.3. The molecule has 2 aromatic rings. The summed E-state index contributed by atoms with van der Waals surface area (Å²) in [6.07, 6.45) is 5.92. The van der Waals surface area contributed by atoms with E-state index >= 15 is 0 Å². The average Bonchev–Trinajstić information content (AvgIpc) is 3.07. The van der Waals surface area contributed by atoms with E-state index in [2.05, 4.69) is 9.88 Å². The lowest BCUT2D eigenvalue weighted by molar-refractivity contribution is -0.118. The van der Waals surface area contributed by atoms with Crippen LogP contribution in [0.2, 0.25) is 0 Å². The number of rotatable bonds is 5. The molecule has 0 unspecified atom stereocenters. The average molecular weight is 342 g/mol. The highest BCUT2D eigenvalue weighted by Gasteiger charge is 2.43. The summed E-state index contributed by atoms with van der Waals surface area (Å²) in [5.41, 5.74) is 2.28. The van der Waals surface area contributed by atoms with Gasteiger partial charge in [-0.2, -0.15) is 0 Å². The molecule has 2 aliphatic rings. The van der Waals surface area contributed by atoms with E-state index in [1.807, 2.05) is 24.3 Å². The predicted octanol–water partition coefficient (Wildman–Crippen LogP) is 3.17. The fourth-order valence-electron chi connectivity index (χ4n) is 3.87. The Bertz CT molecular complexity index is 680. The van der Waals surface area contributed by atoms with Crippen LogP contribution in [0.4, 0.5) is 4.39 Å². The number of morpholine rings is 1. The molecule has 1 aromatic carbocycles. The van der Waals surface area contributed by atoms with E-state index in [0.717, 1.165) is 43.7 Å². The molecule has 3 atom stereocenters. The second-order valence-electron chi connectivity index (χ2n) is 6.78. The summed E-state index contributed by atoms with van der Waals surface area (Å²) in [5, 5.41) is 0. The molecule has 25 heavy (non-hydrogen) atoms. The van der Waals surface area contributed by atoms with Crippen LogP contribution in [0.25, 0.3) is 0 Å². The number of nitrogens with zero attached hydrogens (tertiary/aromatic N) is 2. The Morgan fingerprint density at radius 2 is 1.88 bits per heavy atom. The molecule has 1 saturated heterocycles. The molecule has 132 valence electrons. The summed E-state index contributed by atoms with van der Waals surface area (Å²) in [5.74, 6) is -0.186. The Balaban J connectivity index is 1.37. The van der Waals surface area contributed by atoms with Gasteiger partial charge in [-0.25, -0.2) is 4.39 Å². The highest BCUT2D eigenvalue weighted by atomic mass is 19.1. The van der Waals surface area contributed by atoms with Crippen LogP contribution >= 0.6 is 0 Å². The van der Waals surface area contributed by atoms with E-state index in [1.165, 1.54) is 12.1 Å². The Kier molecular flexibility index (Phi) is 5.06. The van der Waals surface area contributed by atoms with Gasteiger partial charge in [-0.1, -0.05) is 12.1 Å². The lowest BCUT2D eigenvalue weighted by Gasteiger charge is -2.39.